The molecule has 1 aromatic carbocycles. The van der Waals surface area contributed by atoms with Gasteiger partial charge in [-0.2, -0.15) is 0 Å². The summed E-state index contributed by atoms with van der Waals surface area (Å²) in [5.74, 6) is 0.878. The molecule has 2 unspecified atom stereocenters. The first-order chi connectivity index (χ1) is 9.28. The number of hydrogen-bond donors (Lipinski definition) is 1. The minimum Gasteiger partial charge on any atom is -0.497 e. The van der Waals surface area contributed by atoms with Crippen LogP contribution in [0.1, 0.15) is 19.3 Å². The first-order valence-electron chi connectivity index (χ1n) is 6.52. The van der Waals surface area contributed by atoms with Crippen molar-refractivity contribution in [3.05, 3.63) is 18.2 Å². The zero-order valence-electron chi connectivity index (χ0n) is 11.2. The third-order valence-electron chi connectivity index (χ3n) is 3.64. The van der Waals surface area contributed by atoms with Gasteiger partial charge in [0, 0.05) is 13.2 Å². The molecule has 0 bridgehead atoms. The Morgan fingerprint density at radius 1 is 1.32 bits per heavy atom. The molecule has 2 atom stereocenters. The maximum Gasteiger partial charge on any atom is 0.184 e. The zero-order chi connectivity index (χ0) is 13.2. The van der Waals surface area contributed by atoms with E-state index < -0.39 is 0 Å². The second-order valence-corrected chi connectivity index (χ2v) is 5.90. The fourth-order valence-corrected chi connectivity index (χ4v) is 3.52. The van der Waals surface area contributed by atoms with Gasteiger partial charge in [0.1, 0.15) is 5.75 Å². The summed E-state index contributed by atoms with van der Waals surface area (Å²) in [6, 6.07) is 6.46. The Morgan fingerprint density at radius 3 is 2.95 bits per heavy atom. The van der Waals surface area contributed by atoms with Crippen LogP contribution in [-0.4, -0.2) is 31.3 Å². The van der Waals surface area contributed by atoms with Crippen molar-refractivity contribution < 1.29 is 9.47 Å². The van der Waals surface area contributed by atoms with Crippen LogP contribution >= 0.6 is 11.3 Å². The van der Waals surface area contributed by atoms with E-state index in [2.05, 4.69) is 10.3 Å². The number of nitrogens with one attached hydrogen (secondary N) is 1. The molecule has 0 saturated heterocycles. The van der Waals surface area contributed by atoms with Gasteiger partial charge in [0.05, 0.1) is 23.4 Å². The molecule has 1 heterocycles. The molecule has 4 nitrogen and oxygen atoms in total. The normalized spacial score (nSPS) is 22.8. The summed E-state index contributed by atoms with van der Waals surface area (Å²) in [5, 5.41) is 4.51. The van der Waals surface area contributed by atoms with Gasteiger partial charge in [-0.3, -0.25) is 0 Å². The number of hydrogen-bond acceptors (Lipinski definition) is 5. The number of benzene rings is 1. The van der Waals surface area contributed by atoms with Crippen LogP contribution in [0.15, 0.2) is 18.2 Å². The molecule has 1 aliphatic carbocycles. The van der Waals surface area contributed by atoms with Crippen molar-refractivity contribution in [1.82, 2.24) is 4.98 Å². The molecule has 2 aromatic rings. The van der Waals surface area contributed by atoms with Crippen LogP contribution in [0.5, 0.6) is 5.75 Å². The van der Waals surface area contributed by atoms with E-state index in [1.165, 1.54) is 0 Å². The van der Waals surface area contributed by atoms with E-state index >= 15 is 0 Å². The van der Waals surface area contributed by atoms with Gasteiger partial charge >= 0.3 is 0 Å². The second-order valence-electron chi connectivity index (χ2n) is 4.86. The van der Waals surface area contributed by atoms with Gasteiger partial charge in [0.15, 0.2) is 5.13 Å². The standard InChI is InChI=1S/C14H18N2O2S/c1-17-10-4-3-9(7-10)15-14-16-12-6-5-11(18-2)8-13(12)19-14/h5-6,8-10H,3-4,7H2,1-2H3,(H,15,16). The highest BCUT2D eigenvalue weighted by Crippen LogP contribution is 2.31. The molecule has 1 saturated carbocycles. The number of methoxy groups -OCH3 is 2. The van der Waals surface area contributed by atoms with E-state index in [0.717, 1.165) is 40.4 Å². The highest BCUT2D eigenvalue weighted by molar-refractivity contribution is 7.22. The van der Waals surface area contributed by atoms with Crippen LogP contribution in [0.2, 0.25) is 0 Å². The van der Waals surface area contributed by atoms with Crippen LogP contribution in [0.25, 0.3) is 10.2 Å². The van der Waals surface area contributed by atoms with Gasteiger partial charge in [-0.05, 0) is 37.5 Å². The highest BCUT2D eigenvalue weighted by Gasteiger charge is 2.24. The predicted molar refractivity (Wildman–Crippen MR) is 78.2 cm³/mol. The van der Waals surface area contributed by atoms with Gasteiger partial charge in [-0.15, -0.1) is 0 Å². The number of anilines is 1. The van der Waals surface area contributed by atoms with Crippen molar-refractivity contribution in [1.29, 1.82) is 0 Å². The number of nitrogens with zero attached hydrogens (tertiary/aromatic N) is 1. The molecule has 1 aliphatic rings. The van der Waals surface area contributed by atoms with E-state index in [9.17, 15) is 0 Å². The number of ether oxygens (including phenoxy) is 2. The third-order valence-corrected chi connectivity index (χ3v) is 4.59. The molecule has 0 aliphatic heterocycles. The lowest BCUT2D eigenvalue weighted by Crippen LogP contribution is -2.16. The Labute approximate surface area is 116 Å². The molecule has 5 heteroatoms. The molecule has 0 spiro atoms. The van der Waals surface area contributed by atoms with Crippen molar-refractivity contribution >= 4 is 26.7 Å². The number of thiazole rings is 1. The van der Waals surface area contributed by atoms with Crippen LogP contribution in [0.4, 0.5) is 5.13 Å². The third kappa shape index (κ3) is 2.67. The molecule has 19 heavy (non-hydrogen) atoms. The summed E-state index contributed by atoms with van der Waals surface area (Å²) in [4.78, 5) is 4.61. The van der Waals surface area contributed by atoms with Crippen molar-refractivity contribution in [2.24, 2.45) is 0 Å². The van der Waals surface area contributed by atoms with Gasteiger partial charge in [0.25, 0.3) is 0 Å². The van der Waals surface area contributed by atoms with Crippen LogP contribution in [-0.2, 0) is 4.74 Å². The molecular formula is C14H18N2O2S. The van der Waals surface area contributed by atoms with Gasteiger partial charge in [-0.25, -0.2) is 4.98 Å². The molecule has 1 aromatic heterocycles. The van der Waals surface area contributed by atoms with Crippen molar-refractivity contribution in [2.75, 3.05) is 19.5 Å². The maximum absolute atomic E-state index is 5.39. The summed E-state index contributed by atoms with van der Waals surface area (Å²) >= 11 is 1.68. The first-order valence-corrected chi connectivity index (χ1v) is 7.34. The average molecular weight is 278 g/mol. The van der Waals surface area contributed by atoms with Gasteiger partial charge < -0.3 is 14.8 Å². The molecule has 3 rings (SSSR count). The van der Waals surface area contributed by atoms with Crippen LogP contribution < -0.4 is 10.1 Å². The van der Waals surface area contributed by atoms with Crippen molar-refractivity contribution in [2.45, 2.75) is 31.4 Å². The Balaban J connectivity index is 1.75. The van der Waals surface area contributed by atoms with E-state index in [4.69, 9.17) is 9.47 Å². The van der Waals surface area contributed by atoms with E-state index in [1.807, 2.05) is 18.2 Å². The van der Waals surface area contributed by atoms with Crippen molar-refractivity contribution in [3.63, 3.8) is 0 Å². The molecule has 0 radical (unpaired) electrons. The smallest absolute Gasteiger partial charge is 0.184 e. The first kappa shape index (κ1) is 12.7. The largest absolute Gasteiger partial charge is 0.497 e. The number of rotatable bonds is 4. The minimum atomic E-state index is 0.395. The SMILES string of the molecule is COc1ccc2nc(NC3CCC(OC)C3)sc2c1. The lowest BCUT2D eigenvalue weighted by Gasteiger charge is -2.11. The predicted octanol–water partition coefficient (Wildman–Crippen LogP) is 3.28. The Morgan fingerprint density at radius 2 is 2.21 bits per heavy atom. The van der Waals surface area contributed by atoms with E-state index in [-0.39, 0.29) is 0 Å². The Hall–Kier alpha value is -1.33. The highest BCUT2D eigenvalue weighted by atomic mass is 32.1. The summed E-state index contributed by atoms with van der Waals surface area (Å²) in [7, 11) is 3.47. The lowest BCUT2D eigenvalue weighted by molar-refractivity contribution is 0.108. The average Bonchev–Trinajstić information content (AvgIpc) is 3.03. The van der Waals surface area contributed by atoms with Crippen LogP contribution in [0, 0.1) is 0 Å². The minimum absolute atomic E-state index is 0.395. The topological polar surface area (TPSA) is 43.4 Å². The molecule has 1 N–H and O–H groups in total. The van der Waals surface area contributed by atoms with Gasteiger partial charge in [-0.1, -0.05) is 11.3 Å². The Bertz CT molecular complexity index is 570. The van der Waals surface area contributed by atoms with Crippen molar-refractivity contribution in [3.8, 4) is 5.75 Å². The summed E-state index contributed by atoms with van der Waals surface area (Å²) in [5.41, 5.74) is 1.02. The number of fused-ring (bicyclic) bond motifs is 1. The van der Waals surface area contributed by atoms with Crippen LogP contribution in [0.3, 0.4) is 0 Å². The molecule has 1 fully saturated rings. The lowest BCUT2D eigenvalue weighted by atomic mass is 10.2. The summed E-state index contributed by atoms with van der Waals surface area (Å²) in [6.45, 7) is 0. The summed E-state index contributed by atoms with van der Waals surface area (Å²) in [6.07, 6.45) is 3.74. The monoisotopic (exact) mass is 278 g/mol. The summed E-state index contributed by atoms with van der Waals surface area (Å²) < 4.78 is 11.8. The fourth-order valence-electron chi connectivity index (χ4n) is 2.55. The quantitative estimate of drug-likeness (QED) is 0.932. The van der Waals surface area contributed by atoms with E-state index in [1.54, 1.807) is 25.6 Å². The molecule has 102 valence electrons. The second kappa shape index (κ2) is 5.35. The Kier molecular flexibility index (Phi) is 3.57. The molecular weight excluding hydrogens is 260 g/mol. The zero-order valence-corrected chi connectivity index (χ0v) is 12.0. The fraction of sp³-hybridized carbons (Fsp3) is 0.500. The van der Waals surface area contributed by atoms with Gasteiger partial charge in [0.2, 0.25) is 0 Å². The van der Waals surface area contributed by atoms with E-state index in [0.29, 0.717) is 12.1 Å². The number of aromatic nitrogens is 1. The maximum atomic E-state index is 5.39. The molecule has 0 amide bonds.